The van der Waals surface area contributed by atoms with Gasteiger partial charge in [0.05, 0.1) is 10.6 Å². The van der Waals surface area contributed by atoms with Crippen molar-refractivity contribution in [2.24, 2.45) is 0 Å². The summed E-state index contributed by atoms with van der Waals surface area (Å²) >= 11 is 6.49. The second-order valence-electron chi connectivity index (χ2n) is 5.86. The number of amides is 1. The molecule has 1 aliphatic heterocycles. The molecule has 3 rings (SSSR count). The number of thiocarbonyl (C=S) groups is 1. The molecule has 0 bridgehead atoms. The lowest BCUT2D eigenvalue weighted by Gasteiger charge is -2.14. The number of rotatable bonds is 4. The number of allylic oxidation sites excluding steroid dienone is 2. The van der Waals surface area contributed by atoms with Gasteiger partial charge in [-0.1, -0.05) is 54.3 Å². The van der Waals surface area contributed by atoms with E-state index in [9.17, 15) is 9.18 Å². The van der Waals surface area contributed by atoms with E-state index in [0.29, 0.717) is 14.9 Å². The molecule has 0 aromatic heterocycles. The van der Waals surface area contributed by atoms with Crippen LogP contribution in [0, 0.1) is 5.82 Å². The maximum Gasteiger partial charge on any atom is 0.270 e. The summed E-state index contributed by atoms with van der Waals surface area (Å²) in [5.41, 5.74) is 2.60. The number of carbonyl (C=O) groups is 1. The van der Waals surface area contributed by atoms with Crippen molar-refractivity contribution < 1.29 is 9.18 Å². The van der Waals surface area contributed by atoms with Gasteiger partial charge >= 0.3 is 0 Å². The smallest absolute Gasteiger partial charge is 0.270 e. The molecule has 132 valence electrons. The summed E-state index contributed by atoms with van der Waals surface area (Å²) in [4.78, 5) is 16.5. The molecular weight excluding hydrogens is 367 g/mol. The number of hydrogen-bond donors (Lipinski definition) is 0. The van der Waals surface area contributed by atoms with Crippen LogP contribution >= 0.6 is 24.0 Å². The quantitative estimate of drug-likeness (QED) is 0.555. The first-order chi connectivity index (χ1) is 12.5. The largest absolute Gasteiger partial charge is 0.378 e. The molecule has 26 heavy (non-hydrogen) atoms. The van der Waals surface area contributed by atoms with Crippen molar-refractivity contribution in [2.75, 3.05) is 23.9 Å². The Bertz CT molecular complexity index is 904. The van der Waals surface area contributed by atoms with E-state index >= 15 is 0 Å². The first-order valence-electron chi connectivity index (χ1n) is 7.93. The Morgan fingerprint density at radius 3 is 2.54 bits per heavy atom. The molecule has 1 fully saturated rings. The van der Waals surface area contributed by atoms with Crippen LogP contribution in [0.2, 0.25) is 0 Å². The summed E-state index contributed by atoms with van der Waals surface area (Å²) in [6, 6.07) is 13.9. The average Bonchev–Trinajstić information content (AvgIpc) is 2.89. The first-order valence-corrected chi connectivity index (χ1v) is 9.16. The van der Waals surface area contributed by atoms with Gasteiger partial charge in [0.2, 0.25) is 0 Å². The standard InChI is InChI=1S/C20H17FN2OS2/c1-22(2)16-11-9-14(10-12-16)5-3-8-18-19(24)23(20(25)26-18)17-7-4-6-15(21)13-17/h3-13H,1-2H3. The van der Waals surface area contributed by atoms with E-state index in [1.807, 2.05) is 55.4 Å². The van der Waals surface area contributed by atoms with Crippen LogP contribution < -0.4 is 9.80 Å². The van der Waals surface area contributed by atoms with Crippen LogP contribution in [-0.2, 0) is 4.79 Å². The highest BCUT2D eigenvalue weighted by Gasteiger charge is 2.32. The van der Waals surface area contributed by atoms with Crippen molar-refractivity contribution in [1.82, 2.24) is 0 Å². The molecule has 1 heterocycles. The molecule has 3 nitrogen and oxygen atoms in total. The van der Waals surface area contributed by atoms with Gasteiger partial charge in [0.1, 0.15) is 5.82 Å². The Morgan fingerprint density at radius 1 is 1.15 bits per heavy atom. The third kappa shape index (κ3) is 4.03. The number of halogens is 1. The Kier molecular flexibility index (Phi) is 5.54. The lowest BCUT2D eigenvalue weighted by Crippen LogP contribution is -2.27. The minimum absolute atomic E-state index is 0.238. The molecule has 2 aromatic rings. The zero-order valence-corrected chi connectivity index (χ0v) is 16.0. The Morgan fingerprint density at radius 2 is 1.88 bits per heavy atom. The third-order valence-electron chi connectivity index (χ3n) is 3.81. The van der Waals surface area contributed by atoms with Gasteiger partial charge in [-0.3, -0.25) is 9.69 Å². The number of nitrogens with zero attached hydrogens (tertiary/aromatic N) is 2. The van der Waals surface area contributed by atoms with Gasteiger partial charge in [-0.2, -0.15) is 0 Å². The highest BCUT2D eigenvalue weighted by Crippen LogP contribution is 2.35. The second-order valence-corrected chi connectivity index (χ2v) is 7.54. The molecule has 1 saturated heterocycles. The fourth-order valence-electron chi connectivity index (χ4n) is 2.45. The fraction of sp³-hybridized carbons (Fsp3) is 0.100. The molecule has 6 heteroatoms. The van der Waals surface area contributed by atoms with Crippen molar-refractivity contribution in [3.05, 3.63) is 77.0 Å². The van der Waals surface area contributed by atoms with E-state index in [4.69, 9.17) is 12.2 Å². The van der Waals surface area contributed by atoms with Crippen LogP contribution in [-0.4, -0.2) is 24.3 Å². The van der Waals surface area contributed by atoms with Gasteiger partial charge in [0.25, 0.3) is 5.91 Å². The van der Waals surface area contributed by atoms with Crippen LogP contribution in [0.1, 0.15) is 5.56 Å². The topological polar surface area (TPSA) is 23.6 Å². The van der Waals surface area contributed by atoms with E-state index in [1.54, 1.807) is 18.2 Å². The zero-order valence-electron chi connectivity index (χ0n) is 14.3. The SMILES string of the molecule is CN(C)c1ccc(C=CC=C2SC(=S)N(c3cccc(F)c3)C2=O)cc1. The Labute approximate surface area is 161 Å². The van der Waals surface area contributed by atoms with E-state index in [0.717, 1.165) is 11.3 Å². The summed E-state index contributed by atoms with van der Waals surface area (Å²) in [6.45, 7) is 0. The molecule has 0 unspecified atom stereocenters. The molecule has 0 saturated carbocycles. The van der Waals surface area contributed by atoms with E-state index in [2.05, 4.69) is 0 Å². The van der Waals surface area contributed by atoms with Gasteiger partial charge < -0.3 is 4.90 Å². The average molecular weight is 385 g/mol. The van der Waals surface area contributed by atoms with Gasteiger partial charge in [-0.05, 0) is 42.0 Å². The maximum absolute atomic E-state index is 13.4. The Balaban J connectivity index is 1.75. The van der Waals surface area contributed by atoms with Crippen molar-refractivity contribution in [3.8, 4) is 0 Å². The van der Waals surface area contributed by atoms with Crippen molar-refractivity contribution >= 4 is 51.7 Å². The number of benzene rings is 2. The summed E-state index contributed by atoms with van der Waals surface area (Å²) in [5, 5.41) is 0. The first kappa shape index (κ1) is 18.4. The van der Waals surface area contributed by atoms with Crippen molar-refractivity contribution in [2.45, 2.75) is 0 Å². The minimum atomic E-state index is -0.401. The van der Waals surface area contributed by atoms with Crippen LogP contribution in [0.4, 0.5) is 15.8 Å². The van der Waals surface area contributed by atoms with Crippen molar-refractivity contribution in [3.63, 3.8) is 0 Å². The Hall–Kier alpha value is -2.44. The molecule has 2 aromatic carbocycles. The van der Waals surface area contributed by atoms with Crippen LogP contribution in [0.25, 0.3) is 6.08 Å². The molecule has 0 N–H and O–H groups in total. The lowest BCUT2D eigenvalue weighted by molar-refractivity contribution is -0.113. The van der Waals surface area contributed by atoms with E-state index in [1.165, 1.54) is 28.8 Å². The second kappa shape index (κ2) is 7.85. The van der Waals surface area contributed by atoms with E-state index < -0.39 is 5.82 Å². The van der Waals surface area contributed by atoms with Crippen molar-refractivity contribution in [1.29, 1.82) is 0 Å². The normalized spacial score (nSPS) is 16.1. The lowest BCUT2D eigenvalue weighted by atomic mass is 10.2. The molecule has 0 atom stereocenters. The summed E-state index contributed by atoms with van der Waals surface area (Å²) in [5.74, 6) is -0.639. The van der Waals surface area contributed by atoms with Gasteiger partial charge in [-0.25, -0.2) is 4.39 Å². The zero-order chi connectivity index (χ0) is 18.7. The van der Waals surface area contributed by atoms with Crippen LogP contribution in [0.5, 0.6) is 0 Å². The molecular formula is C20H17FN2OS2. The molecule has 0 radical (unpaired) electrons. The fourth-order valence-corrected chi connectivity index (χ4v) is 3.70. The molecule has 0 aliphatic carbocycles. The predicted octanol–water partition coefficient (Wildman–Crippen LogP) is 4.85. The van der Waals surface area contributed by atoms with Crippen LogP contribution in [0.15, 0.2) is 65.6 Å². The molecule has 1 amide bonds. The van der Waals surface area contributed by atoms with Gasteiger partial charge in [-0.15, -0.1) is 0 Å². The third-order valence-corrected chi connectivity index (χ3v) is 5.13. The highest BCUT2D eigenvalue weighted by atomic mass is 32.2. The van der Waals surface area contributed by atoms with Gasteiger partial charge in [0.15, 0.2) is 4.32 Å². The highest BCUT2D eigenvalue weighted by molar-refractivity contribution is 8.27. The minimum Gasteiger partial charge on any atom is -0.378 e. The van der Waals surface area contributed by atoms with Gasteiger partial charge in [0, 0.05) is 19.8 Å². The summed E-state index contributed by atoms with van der Waals surface area (Å²) in [6.07, 6.45) is 5.48. The molecule has 0 spiro atoms. The number of thioether (sulfide) groups is 1. The summed E-state index contributed by atoms with van der Waals surface area (Å²) in [7, 11) is 3.98. The monoisotopic (exact) mass is 384 g/mol. The summed E-state index contributed by atoms with van der Waals surface area (Å²) < 4.78 is 13.8. The van der Waals surface area contributed by atoms with E-state index in [-0.39, 0.29) is 5.91 Å². The number of hydrogen-bond acceptors (Lipinski definition) is 4. The predicted molar refractivity (Wildman–Crippen MR) is 112 cm³/mol. The number of anilines is 2. The number of carbonyl (C=O) groups excluding carboxylic acids is 1. The van der Waals surface area contributed by atoms with Crippen LogP contribution in [0.3, 0.4) is 0 Å². The molecule has 1 aliphatic rings. The maximum atomic E-state index is 13.4.